The molecule has 2 aromatic heterocycles. The number of pyridine rings is 1. The standard InChI is InChI=1S/C17H11F3N2/c18-17(19,20)10-11-9-16-13-6-1-3-7-14(13)21-22(16)15-8-4-2-5-12(11)15/h1-9H,10H2. The highest BCUT2D eigenvalue weighted by Crippen LogP contribution is 2.31. The molecule has 0 atom stereocenters. The van der Waals surface area contributed by atoms with Crippen molar-refractivity contribution in [3.05, 3.63) is 60.2 Å². The summed E-state index contributed by atoms with van der Waals surface area (Å²) in [4.78, 5) is 0. The maximum Gasteiger partial charge on any atom is 0.393 e. The Morgan fingerprint density at radius 2 is 1.55 bits per heavy atom. The second-order valence-electron chi connectivity index (χ2n) is 5.29. The smallest absolute Gasteiger partial charge is 0.232 e. The number of hydrogen-bond donors (Lipinski definition) is 0. The van der Waals surface area contributed by atoms with Crippen LogP contribution in [0.15, 0.2) is 54.6 Å². The topological polar surface area (TPSA) is 17.3 Å². The van der Waals surface area contributed by atoms with Crippen molar-refractivity contribution < 1.29 is 13.2 Å². The Labute approximate surface area is 123 Å². The Bertz CT molecular complexity index is 999. The third-order valence-corrected chi connectivity index (χ3v) is 3.80. The molecule has 2 nitrogen and oxygen atoms in total. The summed E-state index contributed by atoms with van der Waals surface area (Å²) >= 11 is 0. The fraction of sp³-hybridized carbons (Fsp3) is 0.118. The lowest BCUT2D eigenvalue weighted by atomic mass is 10.0. The second kappa shape index (κ2) is 4.47. The Kier molecular flexibility index (Phi) is 2.66. The zero-order chi connectivity index (χ0) is 15.3. The summed E-state index contributed by atoms with van der Waals surface area (Å²) < 4.78 is 40.4. The highest BCUT2D eigenvalue weighted by atomic mass is 19.4. The van der Waals surface area contributed by atoms with Crippen LogP contribution in [0.2, 0.25) is 0 Å². The third-order valence-electron chi connectivity index (χ3n) is 3.80. The van der Waals surface area contributed by atoms with E-state index in [9.17, 15) is 13.2 Å². The lowest BCUT2D eigenvalue weighted by Gasteiger charge is -2.11. The van der Waals surface area contributed by atoms with E-state index in [0.717, 1.165) is 10.9 Å². The monoisotopic (exact) mass is 300 g/mol. The summed E-state index contributed by atoms with van der Waals surface area (Å²) in [5, 5.41) is 5.96. The molecule has 0 fully saturated rings. The normalized spacial score (nSPS) is 12.5. The number of halogens is 3. The van der Waals surface area contributed by atoms with Gasteiger partial charge in [0.1, 0.15) is 0 Å². The number of nitrogens with zero attached hydrogens (tertiary/aromatic N) is 2. The summed E-state index contributed by atoms with van der Waals surface area (Å²) in [5.74, 6) is 0. The molecule has 4 rings (SSSR count). The summed E-state index contributed by atoms with van der Waals surface area (Å²) in [6.07, 6.45) is -5.18. The van der Waals surface area contributed by atoms with Crippen molar-refractivity contribution in [3.63, 3.8) is 0 Å². The minimum Gasteiger partial charge on any atom is -0.232 e. The van der Waals surface area contributed by atoms with Crippen molar-refractivity contribution >= 4 is 27.3 Å². The van der Waals surface area contributed by atoms with Crippen LogP contribution in [0.5, 0.6) is 0 Å². The molecule has 0 unspecified atom stereocenters. The minimum absolute atomic E-state index is 0.279. The molecule has 0 aliphatic heterocycles. The van der Waals surface area contributed by atoms with Crippen LogP contribution in [-0.4, -0.2) is 15.8 Å². The first-order valence-electron chi connectivity index (χ1n) is 6.88. The molecule has 110 valence electrons. The molecule has 0 aliphatic carbocycles. The first-order chi connectivity index (χ1) is 10.5. The van der Waals surface area contributed by atoms with E-state index >= 15 is 0 Å². The van der Waals surface area contributed by atoms with Gasteiger partial charge >= 0.3 is 6.18 Å². The summed E-state index contributed by atoms with van der Waals surface area (Å²) in [7, 11) is 0. The van der Waals surface area contributed by atoms with E-state index in [1.807, 2.05) is 30.3 Å². The molecule has 2 heterocycles. The zero-order valence-electron chi connectivity index (χ0n) is 11.4. The largest absolute Gasteiger partial charge is 0.393 e. The molecule has 0 amide bonds. The molecule has 0 spiro atoms. The quantitative estimate of drug-likeness (QED) is 0.496. The van der Waals surface area contributed by atoms with Crippen LogP contribution in [0.1, 0.15) is 5.56 Å². The molecule has 0 saturated heterocycles. The lowest BCUT2D eigenvalue weighted by Crippen LogP contribution is -2.12. The van der Waals surface area contributed by atoms with Crippen LogP contribution < -0.4 is 0 Å². The number of alkyl halides is 3. The second-order valence-corrected chi connectivity index (χ2v) is 5.29. The van der Waals surface area contributed by atoms with E-state index in [2.05, 4.69) is 5.10 Å². The van der Waals surface area contributed by atoms with Gasteiger partial charge in [-0.2, -0.15) is 18.3 Å². The van der Waals surface area contributed by atoms with Crippen molar-refractivity contribution in [2.75, 3.05) is 0 Å². The number of fused-ring (bicyclic) bond motifs is 5. The lowest BCUT2D eigenvalue weighted by molar-refractivity contribution is -0.126. The Balaban J connectivity index is 2.15. The molecule has 0 N–H and O–H groups in total. The number of para-hydroxylation sites is 1. The molecular weight excluding hydrogens is 289 g/mol. The zero-order valence-corrected chi connectivity index (χ0v) is 11.4. The van der Waals surface area contributed by atoms with Gasteiger partial charge in [0, 0.05) is 10.8 Å². The fourth-order valence-corrected chi connectivity index (χ4v) is 2.91. The van der Waals surface area contributed by atoms with Crippen molar-refractivity contribution in [3.8, 4) is 0 Å². The van der Waals surface area contributed by atoms with Crippen molar-refractivity contribution in [2.24, 2.45) is 0 Å². The first kappa shape index (κ1) is 13.1. The predicted octanol–water partition coefficient (Wildman–Crippen LogP) is 4.75. The maximum atomic E-state index is 12.9. The average Bonchev–Trinajstić information content (AvgIpc) is 2.85. The van der Waals surface area contributed by atoms with Crippen LogP contribution >= 0.6 is 0 Å². The highest BCUT2D eigenvalue weighted by Gasteiger charge is 2.29. The number of rotatable bonds is 1. The maximum absolute atomic E-state index is 12.9. The summed E-state index contributed by atoms with van der Waals surface area (Å²) in [5.41, 5.74) is 2.45. The average molecular weight is 300 g/mol. The van der Waals surface area contributed by atoms with E-state index in [-0.39, 0.29) is 5.56 Å². The molecule has 0 bridgehead atoms. The summed E-state index contributed by atoms with van der Waals surface area (Å²) in [6, 6.07) is 16.1. The van der Waals surface area contributed by atoms with Crippen LogP contribution in [-0.2, 0) is 6.42 Å². The van der Waals surface area contributed by atoms with Crippen LogP contribution in [0, 0.1) is 0 Å². The van der Waals surface area contributed by atoms with Crippen LogP contribution in [0.4, 0.5) is 13.2 Å². The Morgan fingerprint density at radius 3 is 2.32 bits per heavy atom. The van der Waals surface area contributed by atoms with Gasteiger partial charge in [0.15, 0.2) is 0 Å². The number of hydrogen-bond acceptors (Lipinski definition) is 1. The van der Waals surface area contributed by atoms with Crippen molar-refractivity contribution in [1.82, 2.24) is 9.61 Å². The van der Waals surface area contributed by atoms with Crippen LogP contribution in [0.3, 0.4) is 0 Å². The van der Waals surface area contributed by atoms with E-state index < -0.39 is 12.6 Å². The SMILES string of the molecule is FC(F)(F)Cc1cc2c3ccccc3nn2c2ccccc12. The van der Waals surface area contributed by atoms with Gasteiger partial charge < -0.3 is 0 Å². The predicted molar refractivity (Wildman–Crippen MR) is 80.0 cm³/mol. The number of aromatic nitrogens is 2. The molecule has 5 heteroatoms. The van der Waals surface area contributed by atoms with E-state index in [1.165, 1.54) is 0 Å². The molecule has 0 radical (unpaired) electrons. The van der Waals surface area contributed by atoms with Gasteiger partial charge in [0.05, 0.1) is 23.0 Å². The first-order valence-corrected chi connectivity index (χ1v) is 6.88. The van der Waals surface area contributed by atoms with Gasteiger partial charge in [-0.25, -0.2) is 4.52 Å². The van der Waals surface area contributed by atoms with E-state index in [1.54, 1.807) is 28.8 Å². The molecule has 22 heavy (non-hydrogen) atoms. The Hall–Kier alpha value is -2.56. The van der Waals surface area contributed by atoms with Gasteiger partial charge in [-0.05, 0) is 23.8 Å². The Morgan fingerprint density at radius 1 is 0.864 bits per heavy atom. The fourth-order valence-electron chi connectivity index (χ4n) is 2.91. The highest BCUT2D eigenvalue weighted by molar-refractivity contribution is 5.99. The number of benzene rings is 2. The van der Waals surface area contributed by atoms with Crippen molar-refractivity contribution in [1.29, 1.82) is 0 Å². The molecule has 2 aromatic carbocycles. The van der Waals surface area contributed by atoms with Gasteiger partial charge in [-0.3, -0.25) is 0 Å². The van der Waals surface area contributed by atoms with Gasteiger partial charge in [0.25, 0.3) is 0 Å². The summed E-state index contributed by atoms with van der Waals surface area (Å²) in [6.45, 7) is 0. The molecule has 0 saturated carbocycles. The van der Waals surface area contributed by atoms with Gasteiger partial charge in [0.2, 0.25) is 0 Å². The van der Waals surface area contributed by atoms with E-state index in [0.29, 0.717) is 16.4 Å². The van der Waals surface area contributed by atoms with Crippen molar-refractivity contribution in [2.45, 2.75) is 12.6 Å². The molecular formula is C17H11F3N2. The van der Waals surface area contributed by atoms with E-state index in [4.69, 9.17) is 0 Å². The molecule has 4 aromatic rings. The van der Waals surface area contributed by atoms with Crippen LogP contribution in [0.25, 0.3) is 27.3 Å². The van der Waals surface area contributed by atoms with Gasteiger partial charge in [-0.15, -0.1) is 0 Å². The minimum atomic E-state index is -4.24. The van der Waals surface area contributed by atoms with Gasteiger partial charge in [-0.1, -0.05) is 36.4 Å². The molecule has 0 aliphatic rings. The third kappa shape index (κ3) is 2.01.